The maximum Gasteiger partial charge on any atom is 0.221 e. The minimum atomic E-state index is -0.775. The van der Waals surface area contributed by atoms with Crippen LogP contribution in [0.4, 0.5) is 0 Å². The lowest BCUT2D eigenvalue weighted by Gasteiger charge is -2.32. The quantitative estimate of drug-likeness (QED) is 0.659. The van der Waals surface area contributed by atoms with Crippen molar-refractivity contribution < 1.29 is 14.6 Å². The summed E-state index contributed by atoms with van der Waals surface area (Å²) in [5.41, 5.74) is -0.775. The van der Waals surface area contributed by atoms with E-state index in [2.05, 4.69) is 10.6 Å². The predicted molar refractivity (Wildman–Crippen MR) is 71.7 cm³/mol. The molecule has 0 radical (unpaired) electrons. The molecule has 0 aliphatic carbocycles. The zero-order chi connectivity index (χ0) is 12.8. The summed E-state index contributed by atoms with van der Waals surface area (Å²) in [5.74, 6) is 2.14. The van der Waals surface area contributed by atoms with Gasteiger partial charge in [0, 0.05) is 63.1 Å². The first-order chi connectivity index (χ1) is 8.68. The molecule has 0 spiro atoms. The summed E-state index contributed by atoms with van der Waals surface area (Å²) in [5, 5.41) is 16.4. The molecule has 1 atom stereocenters. The van der Waals surface area contributed by atoms with Gasteiger partial charge in [-0.1, -0.05) is 0 Å². The Labute approximate surface area is 112 Å². The van der Waals surface area contributed by atoms with Crippen molar-refractivity contribution in [2.24, 2.45) is 0 Å². The third-order valence-electron chi connectivity index (χ3n) is 3.47. The van der Waals surface area contributed by atoms with Crippen molar-refractivity contribution in [1.82, 2.24) is 10.6 Å². The first-order valence-electron chi connectivity index (χ1n) is 6.56. The third kappa shape index (κ3) is 4.42. The Morgan fingerprint density at radius 3 is 2.94 bits per heavy atom. The van der Waals surface area contributed by atoms with E-state index >= 15 is 0 Å². The van der Waals surface area contributed by atoms with Crippen LogP contribution in [0, 0.1) is 0 Å². The fourth-order valence-corrected chi connectivity index (χ4v) is 3.19. The molecule has 104 valence electrons. The molecule has 1 unspecified atom stereocenters. The predicted octanol–water partition coefficient (Wildman–Crippen LogP) is -0.261. The van der Waals surface area contributed by atoms with E-state index < -0.39 is 5.60 Å². The maximum absolute atomic E-state index is 11.8. The van der Waals surface area contributed by atoms with Gasteiger partial charge in [-0.15, -0.1) is 0 Å². The molecule has 18 heavy (non-hydrogen) atoms. The molecule has 0 saturated carbocycles. The van der Waals surface area contributed by atoms with Crippen molar-refractivity contribution in [2.75, 3.05) is 37.8 Å². The van der Waals surface area contributed by atoms with Crippen LogP contribution in [0.25, 0.3) is 0 Å². The van der Waals surface area contributed by atoms with Gasteiger partial charge in [-0.25, -0.2) is 0 Å². The molecule has 2 aliphatic heterocycles. The molecule has 2 rings (SSSR count). The van der Waals surface area contributed by atoms with Crippen molar-refractivity contribution in [3.05, 3.63) is 0 Å². The van der Waals surface area contributed by atoms with E-state index in [4.69, 9.17) is 4.74 Å². The molecule has 5 nitrogen and oxygen atoms in total. The number of carbonyl (C=O) groups is 1. The fraction of sp³-hybridized carbons (Fsp3) is 0.917. The number of thioether (sulfide) groups is 1. The van der Waals surface area contributed by atoms with Crippen LogP contribution >= 0.6 is 11.8 Å². The molecular formula is C12H22N2O3S. The van der Waals surface area contributed by atoms with E-state index in [0.29, 0.717) is 39.0 Å². The smallest absolute Gasteiger partial charge is 0.221 e. The van der Waals surface area contributed by atoms with E-state index in [1.165, 1.54) is 0 Å². The Kier molecular flexibility index (Phi) is 5.29. The van der Waals surface area contributed by atoms with Gasteiger partial charge < -0.3 is 20.5 Å². The lowest BCUT2D eigenvalue weighted by molar-refractivity contribution is -0.124. The SMILES string of the molecule is O=C(CC1CSCCN1)NCC1(O)CCOCC1. The van der Waals surface area contributed by atoms with Crippen molar-refractivity contribution in [3.63, 3.8) is 0 Å². The van der Waals surface area contributed by atoms with E-state index in [-0.39, 0.29) is 11.9 Å². The lowest BCUT2D eigenvalue weighted by Crippen LogP contribution is -2.48. The van der Waals surface area contributed by atoms with Gasteiger partial charge in [0.05, 0.1) is 5.60 Å². The highest BCUT2D eigenvalue weighted by Crippen LogP contribution is 2.19. The number of rotatable bonds is 4. The van der Waals surface area contributed by atoms with E-state index in [9.17, 15) is 9.90 Å². The molecule has 0 aromatic rings. The summed E-state index contributed by atoms with van der Waals surface area (Å²) in [6, 6.07) is 0.271. The molecule has 0 aromatic heterocycles. The van der Waals surface area contributed by atoms with Crippen LogP contribution in [0.3, 0.4) is 0 Å². The van der Waals surface area contributed by atoms with Gasteiger partial charge >= 0.3 is 0 Å². The van der Waals surface area contributed by atoms with Crippen LogP contribution < -0.4 is 10.6 Å². The Morgan fingerprint density at radius 1 is 1.50 bits per heavy atom. The van der Waals surface area contributed by atoms with Crippen molar-refractivity contribution >= 4 is 17.7 Å². The van der Waals surface area contributed by atoms with Crippen LogP contribution in [-0.2, 0) is 9.53 Å². The molecule has 3 N–H and O–H groups in total. The maximum atomic E-state index is 11.8. The number of aliphatic hydroxyl groups is 1. The molecule has 1 amide bonds. The van der Waals surface area contributed by atoms with Gasteiger partial charge in [0.1, 0.15) is 0 Å². The standard InChI is InChI=1S/C12H22N2O3S/c15-11(7-10-8-18-6-3-13-10)14-9-12(16)1-4-17-5-2-12/h10,13,16H,1-9H2,(H,14,15). The third-order valence-corrected chi connectivity index (χ3v) is 4.60. The van der Waals surface area contributed by atoms with E-state index in [0.717, 1.165) is 18.1 Å². The van der Waals surface area contributed by atoms with Gasteiger partial charge in [0.15, 0.2) is 0 Å². The highest BCUT2D eigenvalue weighted by Gasteiger charge is 2.30. The average molecular weight is 274 g/mol. The number of carbonyl (C=O) groups excluding carboxylic acids is 1. The number of hydrogen-bond donors (Lipinski definition) is 3. The van der Waals surface area contributed by atoms with Crippen LogP contribution in [0.2, 0.25) is 0 Å². The number of ether oxygens (including phenoxy) is 1. The lowest BCUT2D eigenvalue weighted by atomic mass is 9.94. The topological polar surface area (TPSA) is 70.6 Å². The van der Waals surface area contributed by atoms with Crippen LogP contribution in [0.5, 0.6) is 0 Å². The summed E-state index contributed by atoms with van der Waals surface area (Å²) in [7, 11) is 0. The van der Waals surface area contributed by atoms with Crippen LogP contribution in [-0.4, -0.2) is 60.5 Å². The van der Waals surface area contributed by atoms with Gasteiger partial charge in [0.2, 0.25) is 5.91 Å². The van der Waals surface area contributed by atoms with Crippen LogP contribution in [0.15, 0.2) is 0 Å². The van der Waals surface area contributed by atoms with Gasteiger partial charge in [0.25, 0.3) is 0 Å². The molecule has 0 aromatic carbocycles. The normalized spacial score (nSPS) is 27.7. The monoisotopic (exact) mass is 274 g/mol. The second kappa shape index (κ2) is 6.75. The largest absolute Gasteiger partial charge is 0.388 e. The number of nitrogens with one attached hydrogen (secondary N) is 2. The molecule has 0 bridgehead atoms. The first kappa shape index (κ1) is 14.1. The second-order valence-corrected chi connectivity index (χ2v) is 6.19. The zero-order valence-corrected chi connectivity index (χ0v) is 11.4. The fourth-order valence-electron chi connectivity index (χ4n) is 2.24. The molecular weight excluding hydrogens is 252 g/mol. The molecule has 2 heterocycles. The summed E-state index contributed by atoms with van der Waals surface area (Å²) >= 11 is 1.88. The van der Waals surface area contributed by atoms with Crippen LogP contribution in [0.1, 0.15) is 19.3 Å². The van der Waals surface area contributed by atoms with E-state index in [1.807, 2.05) is 11.8 Å². The van der Waals surface area contributed by atoms with Gasteiger partial charge in [-0.2, -0.15) is 11.8 Å². The van der Waals surface area contributed by atoms with Crippen molar-refractivity contribution in [3.8, 4) is 0 Å². The summed E-state index contributed by atoms with van der Waals surface area (Å²) < 4.78 is 5.21. The minimum Gasteiger partial charge on any atom is -0.388 e. The summed E-state index contributed by atoms with van der Waals surface area (Å²) in [6.07, 6.45) is 1.70. The molecule has 2 aliphatic rings. The minimum absolute atomic E-state index is 0.0231. The highest BCUT2D eigenvalue weighted by atomic mass is 32.2. The molecule has 2 saturated heterocycles. The average Bonchev–Trinajstić information content (AvgIpc) is 2.39. The number of hydrogen-bond acceptors (Lipinski definition) is 5. The first-order valence-corrected chi connectivity index (χ1v) is 7.71. The Balaban J connectivity index is 1.67. The summed E-state index contributed by atoms with van der Waals surface area (Å²) in [6.45, 7) is 2.47. The number of amides is 1. The second-order valence-electron chi connectivity index (χ2n) is 5.04. The Bertz CT molecular complexity index is 276. The van der Waals surface area contributed by atoms with Crippen molar-refractivity contribution in [2.45, 2.75) is 30.9 Å². The Morgan fingerprint density at radius 2 is 2.28 bits per heavy atom. The molecule has 6 heteroatoms. The zero-order valence-electron chi connectivity index (χ0n) is 10.6. The highest BCUT2D eigenvalue weighted by molar-refractivity contribution is 7.99. The van der Waals surface area contributed by atoms with Gasteiger partial charge in [-0.05, 0) is 0 Å². The van der Waals surface area contributed by atoms with Crippen molar-refractivity contribution in [1.29, 1.82) is 0 Å². The van der Waals surface area contributed by atoms with E-state index in [1.54, 1.807) is 0 Å². The van der Waals surface area contributed by atoms with Gasteiger partial charge in [-0.3, -0.25) is 4.79 Å². The molecule has 2 fully saturated rings. The summed E-state index contributed by atoms with van der Waals surface area (Å²) in [4.78, 5) is 11.8. The Hall–Kier alpha value is -0.300.